The maximum Gasteiger partial charge on any atom is 0.328 e. The summed E-state index contributed by atoms with van der Waals surface area (Å²) in [5, 5.41) is 5.33. The van der Waals surface area contributed by atoms with Crippen LogP contribution in [0, 0.1) is 6.92 Å². The van der Waals surface area contributed by atoms with Gasteiger partial charge in [0, 0.05) is 19.0 Å². The van der Waals surface area contributed by atoms with Gasteiger partial charge in [0.1, 0.15) is 10.9 Å². The van der Waals surface area contributed by atoms with E-state index in [1.165, 1.54) is 18.4 Å². The average Bonchev–Trinajstić information content (AvgIpc) is 3.16. The first-order chi connectivity index (χ1) is 10.0. The molecule has 2 aromatic rings. The summed E-state index contributed by atoms with van der Waals surface area (Å²) in [6.45, 7) is 2.53. The molecular weight excluding hydrogens is 290 g/mol. The minimum Gasteiger partial charge on any atom is -0.467 e. The molecule has 0 aromatic carbocycles. The first-order valence-electron chi connectivity index (χ1n) is 6.85. The fraction of sp³-hybridized carbons (Fsp3) is 0.500. The van der Waals surface area contributed by atoms with E-state index in [0.717, 1.165) is 22.3 Å². The fourth-order valence-corrected chi connectivity index (χ4v) is 3.92. The van der Waals surface area contributed by atoms with Crippen molar-refractivity contribution in [1.29, 1.82) is 0 Å². The topological polar surface area (TPSA) is 64.4 Å². The first-order valence-corrected chi connectivity index (χ1v) is 7.66. The van der Waals surface area contributed by atoms with Crippen LogP contribution in [0.25, 0.3) is 10.2 Å². The number of hydrogen-bond acceptors (Lipinski definition) is 5. The largest absolute Gasteiger partial charge is 0.467 e. The van der Waals surface area contributed by atoms with Gasteiger partial charge in [0.2, 0.25) is 0 Å². The van der Waals surface area contributed by atoms with E-state index in [4.69, 9.17) is 4.74 Å². The van der Waals surface area contributed by atoms with Crippen molar-refractivity contribution in [3.8, 4) is 0 Å². The molecule has 1 saturated heterocycles. The van der Waals surface area contributed by atoms with E-state index in [-0.39, 0.29) is 11.9 Å². The van der Waals surface area contributed by atoms with Crippen LogP contribution in [0.2, 0.25) is 0 Å². The maximum atomic E-state index is 12.7. The van der Waals surface area contributed by atoms with Crippen LogP contribution >= 0.6 is 11.3 Å². The number of fused-ring (bicyclic) bond motifs is 1. The third-order valence-corrected chi connectivity index (χ3v) is 5.08. The zero-order chi connectivity index (χ0) is 15.1. The molecule has 2 aromatic heterocycles. The Morgan fingerprint density at radius 3 is 2.90 bits per heavy atom. The number of esters is 1. The molecule has 1 atom stereocenters. The molecule has 1 aliphatic heterocycles. The van der Waals surface area contributed by atoms with Crippen LogP contribution in [-0.4, -0.2) is 46.3 Å². The normalized spacial score (nSPS) is 18.4. The Kier molecular flexibility index (Phi) is 3.44. The number of thiophene rings is 1. The van der Waals surface area contributed by atoms with Crippen molar-refractivity contribution in [2.75, 3.05) is 13.7 Å². The summed E-state index contributed by atoms with van der Waals surface area (Å²) in [5.74, 6) is -0.427. The lowest BCUT2D eigenvalue weighted by Gasteiger charge is -2.21. The van der Waals surface area contributed by atoms with Crippen molar-refractivity contribution < 1.29 is 14.3 Å². The number of rotatable bonds is 2. The highest BCUT2D eigenvalue weighted by Crippen LogP contribution is 2.30. The minimum atomic E-state index is -0.452. The molecule has 0 bridgehead atoms. The van der Waals surface area contributed by atoms with Gasteiger partial charge in [-0.1, -0.05) is 0 Å². The van der Waals surface area contributed by atoms with Crippen LogP contribution in [0.4, 0.5) is 0 Å². The molecule has 3 rings (SSSR count). The van der Waals surface area contributed by atoms with E-state index in [1.54, 1.807) is 9.58 Å². The number of nitrogens with zero attached hydrogens (tertiary/aromatic N) is 3. The predicted octanol–water partition coefficient (Wildman–Crippen LogP) is 1.72. The molecule has 0 saturated carbocycles. The number of methoxy groups -OCH3 is 1. The van der Waals surface area contributed by atoms with Crippen molar-refractivity contribution in [1.82, 2.24) is 14.7 Å². The second-order valence-corrected chi connectivity index (χ2v) is 6.25. The Morgan fingerprint density at radius 2 is 2.24 bits per heavy atom. The number of aromatic nitrogens is 2. The van der Waals surface area contributed by atoms with Crippen LogP contribution < -0.4 is 0 Å². The van der Waals surface area contributed by atoms with Crippen LogP contribution in [0.3, 0.4) is 0 Å². The summed E-state index contributed by atoms with van der Waals surface area (Å²) in [5.41, 5.74) is 0.911. The lowest BCUT2D eigenvalue weighted by molar-refractivity contribution is -0.145. The van der Waals surface area contributed by atoms with Crippen LogP contribution in [-0.2, 0) is 16.6 Å². The van der Waals surface area contributed by atoms with Gasteiger partial charge in [0.05, 0.1) is 17.7 Å². The molecule has 0 radical (unpaired) electrons. The van der Waals surface area contributed by atoms with Crippen LogP contribution in [0.5, 0.6) is 0 Å². The van der Waals surface area contributed by atoms with E-state index >= 15 is 0 Å². The van der Waals surface area contributed by atoms with Crippen molar-refractivity contribution in [3.63, 3.8) is 0 Å². The third-order valence-electron chi connectivity index (χ3n) is 3.89. The van der Waals surface area contributed by atoms with Gasteiger partial charge in [0.15, 0.2) is 0 Å². The number of carbonyl (C=O) groups is 2. The number of aryl methyl sites for hydroxylation is 2. The standard InChI is InChI=1S/C14H17N3O3S/c1-8-9-7-11(21-13(9)16(2)15-8)12(18)17-6-4-5-10(17)14(19)20-3/h7,10H,4-6H2,1-3H3. The maximum absolute atomic E-state index is 12.7. The van der Waals surface area contributed by atoms with Gasteiger partial charge in [-0.3, -0.25) is 9.48 Å². The highest BCUT2D eigenvalue weighted by atomic mass is 32.1. The SMILES string of the molecule is COC(=O)C1CCCN1C(=O)c1cc2c(C)nn(C)c2s1. The van der Waals surface area contributed by atoms with Gasteiger partial charge < -0.3 is 9.64 Å². The molecule has 1 unspecified atom stereocenters. The Bertz CT molecular complexity index is 684. The Labute approximate surface area is 126 Å². The molecule has 0 spiro atoms. The number of amides is 1. The average molecular weight is 307 g/mol. The van der Waals surface area contributed by atoms with E-state index in [1.807, 2.05) is 20.0 Å². The molecular formula is C14H17N3O3S. The molecule has 3 heterocycles. The van der Waals surface area contributed by atoms with E-state index in [0.29, 0.717) is 17.8 Å². The Morgan fingerprint density at radius 1 is 1.48 bits per heavy atom. The molecule has 112 valence electrons. The summed E-state index contributed by atoms with van der Waals surface area (Å²) < 4.78 is 6.57. The van der Waals surface area contributed by atoms with Crippen molar-refractivity contribution >= 4 is 33.4 Å². The molecule has 1 fully saturated rings. The van der Waals surface area contributed by atoms with Gasteiger partial charge in [-0.15, -0.1) is 11.3 Å². The highest BCUT2D eigenvalue weighted by molar-refractivity contribution is 7.20. The molecule has 1 amide bonds. The van der Waals surface area contributed by atoms with Gasteiger partial charge in [-0.2, -0.15) is 5.10 Å². The van der Waals surface area contributed by atoms with E-state index in [2.05, 4.69) is 5.10 Å². The van der Waals surface area contributed by atoms with Crippen molar-refractivity contribution in [2.45, 2.75) is 25.8 Å². The van der Waals surface area contributed by atoms with Gasteiger partial charge >= 0.3 is 5.97 Å². The zero-order valence-electron chi connectivity index (χ0n) is 12.3. The lowest BCUT2D eigenvalue weighted by Crippen LogP contribution is -2.40. The van der Waals surface area contributed by atoms with Gasteiger partial charge in [-0.25, -0.2) is 4.79 Å². The first kappa shape index (κ1) is 14.1. The van der Waals surface area contributed by atoms with Gasteiger partial charge in [-0.05, 0) is 25.8 Å². The quantitative estimate of drug-likeness (QED) is 0.793. The summed E-state index contributed by atoms with van der Waals surface area (Å²) in [6, 6.07) is 1.42. The smallest absolute Gasteiger partial charge is 0.328 e. The second kappa shape index (κ2) is 5.14. The molecule has 0 aliphatic carbocycles. The van der Waals surface area contributed by atoms with Crippen molar-refractivity contribution in [2.24, 2.45) is 7.05 Å². The molecule has 21 heavy (non-hydrogen) atoms. The highest BCUT2D eigenvalue weighted by Gasteiger charge is 2.36. The summed E-state index contributed by atoms with van der Waals surface area (Å²) >= 11 is 1.42. The van der Waals surface area contributed by atoms with E-state index < -0.39 is 6.04 Å². The number of likely N-dealkylation sites (tertiary alicyclic amines) is 1. The number of ether oxygens (including phenoxy) is 1. The molecule has 0 N–H and O–H groups in total. The molecule has 6 nitrogen and oxygen atoms in total. The molecule has 7 heteroatoms. The monoisotopic (exact) mass is 307 g/mol. The van der Waals surface area contributed by atoms with Crippen LogP contribution in [0.1, 0.15) is 28.2 Å². The second-order valence-electron chi connectivity index (χ2n) is 5.22. The Hall–Kier alpha value is -1.89. The summed E-state index contributed by atoms with van der Waals surface area (Å²) in [6.07, 6.45) is 1.50. The zero-order valence-corrected chi connectivity index (χ0v) is 13.1. The summed E-state index contributed by atoms with van der Waals surface area (Å²) in [7, 11) is 3.23. The lowest BCUT2D eigenvalue weighted by atomic mass is 10.2. The number of hydrogen-bond donors (Lipinski definition) is 0. The third kappa shape index (κ3) is 2.21. The van der Waals surface area contributed by atoms with Crippen LogP contribution in [0.15, 0.2) is 6.07 Å². The van der Waals surface area contributed by atoms with E-state index in [9.17, 15) is 9.59 Å². The Balaban J connectivity index is 1.93. The van der Waals surface area contributed by atoms with Crippen molar-refractivity contribution in [3.05, 3.63) is 16.6 Å². The van der Waals surface area contributed by atoms with Gasteiger partial charge in [0.25, 0.3) is 5.91 Å². The molecule has 1 aliphatic rings. The number of carbonyl (C=O) groups excluding carboxylic acids is 2. The fourth-order valence-electron chi connectivity index (χ4n) is 2.84. The predicted molar refractivity (Wildman–Crippen MR) is 79.4 cm³/mol. The minimum absolute atomic E-state index is 0.0940. The summed E-state index contributed by atoms with van der Waals surface area (Å²) in [4.78, 5) is 27.7.